The van der Waals surface area contributed by atoms with Crippen molar-refractivity contribution in [2.45, 2.75) is 25.4 Å². The highest BCUT2D eigenvalue weighted by Crippen LogP contribution is 2.50. The SMILES string of the molecule is COc1cc(OC)cc([C@H]2C[C@H]2[C@H](C)O)c1. The molecule has 1 aliphatic carbocycles. The fourth-order valence-corrected chi connectivity index (χ4v) is 2.17. The molecule has 88 valence electrons. The summed E-state index contributed by atoms with van der Waals surface area (Å²) in [4.78, 5) is 0. The average Bonchev–Trinajstić information content (AvgIpc) is 3.08. The summed E-state index contributed by atoms with van der Waals surface area (Å²) in [5, 5.41) is 9.51. The zero-order chi connectivity index (χ0) is 11.7. The van der Waals surface area contributed by atoms with Crippen LogP contribution in [0.1, 0.15) is 24.8 Å². The van der Waals surface area contributed by atoms with Crippen molar-refractivity contribution in [1.82, 2.24) is 0 Å². The standard InChI is InChI=1S/C13H18O3/c1-8(14)12-7-13(12)9-4-10(15-2)6-11(5-9)16-3/h4-6,8,12-14H,7H2,1-3H3/t8-,12-,13+/m0/s1. The zero-order valence-corrected chi connectivity index (χ0v) is 9.93. The number of benzene rings is 1. The molecule has 0 spiro atoms. The third kappa shape index (κ3) is 2.14. The number of aliphatic hydroxyl groups excluding tert-OH is 1. The summed E-state index contributed by atoms with van der Waals surface area (Å²) in [6.45, 7) is 1.85. The van der Waals surface area contributed by atoms with Gasteiger partial charge >= 0.3 is 0 Å². The molecule has 1 saturated carbocycles. The maximum Gasteiger partial charge on any atom is 0.122 e. The highest BCUT2D eigenvalue weighted by atomic mass is 16.5. The molecule has 3 nitrogen and oxygen atoms in total. The number of ether oxygens (including phenoxy) is 2. The van der Waals surface area contributed by atoms with E-state index >= 15 is 0 Å². The van der Waals surface area contributed by atoms with E-state index in [0.29, 0.717) is 11.8 Å². The van der Waals surface area contributed by atoms with Crippen LogP contribution in [0.25, 0.3) is 0 Å². The molecule has 0 bridgehead atoms. The summed E-state index contributed by atoms with van der Waals surface area (Å²) in [6.07, 6.45) is 0.816. The van der Waals surface area contributed by atoms with Crippen LogP contribution in [-0.2, 0) is 0 Å². The van der Waals surface area contributed by atoms with Crippen molar-refractivity contribution < 1.29 is 14.6 Å². The van der Waals surface area contributed by atoms with Gasteiger partial charge in [0, 0.05) is 6.07 Å². The van der Waals surface area contributed by atoms with Gasteiger partial charge in [0.15, 0.2) is 0 Å². The van der Waals surface area contributed by atoms with Crippen LogP contribution in [0.4, 0.5) is 0 Å². The maximum atomic E-state index is 9.51. The molecule has 1 aromatic carbocycles. The predicted molar refractivity (Wildman–Crippen MR) is 62.1 cm³/mol. The number of hydrogen-bond donors (Lipinski definition) is 1. The first-order valence-corrected chi connectivity index (χ1v) is 5.56. The Morgan fingerprint density at radius 1 is 1.19 bits per heavy atom. The summed E-state index contributed by atoms with van der Waals surface area (Å²) in [7, 11) is 3.30. The van der Waals surface area contributed by atoms with E-state index < -0.39 is 0 Å². The Kier molecular flexibility index (Phi) is 3.06. The Bertz CT molecular complexity index is 351. The number of aliphatic hydroxyl groups is 1. The van der Waals surface area contributed by atoms with Gasteiger partial charge < -0.3 is 14.6 Å². The third-order valence-corrected chi connectivity index (χ3v) is 3.26. The van der Waals surface area contributed by atoms with Gasteiger partial charge in [-0.2, -0.15) is 0 Å². The molecule has 0 aromatic heterocycles. The second-order valence-corrected chi connectivity index (χ2v) is 4.39. The van der Waals surface area contributed by atoms with Gasteiger partial charge in [0.2, 0.25) is 0 Å². The lowest BCUT2D eigenvalue weighted by atomic mass is 10.1. The van der Waals surface area contributed by atoms with Crippen LogP contribution < -0.4 is 9.47 Å². The van der Waals surface area contributed by atoms with Gasteiger partial charge in [-0.1, -0.05) is 0 Å². The summed E-state index contributed by atoms with van der Waals surface area (Å²) in [5.41, 5.74) is 1.20. The van der Waals surface area contributed by atoms with E-state index in [1.54, 1.807) is 14.2 Å². The van der Waals surface area contributed by atoms with Crippen LogP contribution in [0.5, 0.6) is 11.5 Å². The Labute approximate surface area is 96.0 Å². The molecule has 0 saturated heterocycles. The minimum Gasteiger partial charge on any atom is -0.497 e. The van der Waals surface area contributed by atoms with E-state index in [1.165, 1.54) is 5.56 Å². The molecule has 0 heterocycles. The number of hydrogen-bond acceptors (Lipinski definition) is 3. The van der Waals surface area contributed by atoms with E-state index in [9.17, 15) is 5.11 Å². The van der Waals surface area contributed by atoms with E-state index in [2.05, 4.69) is 0 Å². The summed E-state index contributed by atoms with van der Waals surface area (Å²) in [5.74, 6) is 2.46. The lowest BCUT2D eigenvalue weighted by Gasteiger charge is -2.09. The van der Waals surface area contributed by atoms with Crippen LogP contribution in [0.15, 0.2) is 18.2 Å². The average molecular weight is 222 g/mol. The van der Waals surface area contributed by atoms with Crippen LogP contribution in [0, 0.1) is 5.92 Å². The van der Waals surface area contributed by atoms with Crippen LogP contribution in [-0.4, -0.2) is 25.4 Å². The fourth-order valence-electron chi connectivity index (χ4n) is 2.17. The van der Waals surface area contributed by atoms with Crippen LogP contribution >= 0.6 is 0 Å². The highest BCUT2D eigenvalue weighted by Gasteiger charge is 2.41. The second-order valence-electron chi connectivity index (χ2n) is 4.39. The molecule has 0 aliphatic heterocycles. The molecule has 3 heteroatoms. The maximum absolute atomic E-state index is 9.51. The lowest BCUT2D eigenvalue weighted by Crippen LogP contribution is -2.03. The van der Waals surface area contributed by atoms with Crippen molar-refractivity contribution >= 4 is 0 Å². The molecule has 0 radical (unpaired) electrons. The lowest BCUT2D eigenvalue weighted by molar-refractivity contribution is 0.169. The van der Waals surface area contributed by atoms with Crippen molar-refractivity contribution in [2.24, 2.45) is 5.92 Å². The summed E-state index contributed by atoms with van der Waals surface area (Å²) < 4.78 is 10.5. The first kappa shape index (κ1) is 11.3. The minimum absolute atomic E-state index is 0.234. The summed E-state index contributed by atoms with van der Waals surface area (Å²) >= 11 is 0. The first-order valence-electron chi connectivity index (χ1n) is 5.56. The van der Waals surface area contributed by atoms with Gasteiger partial charge in [-0.3, -0.25) is 0 Å². The Balaban J connectivity index is 2.21. The second kappa shape index (κ2) is 4.34. The van der Waals surface area contributed by atoms with Gasteiger partial charge in [0.25, 0.3) is 0 Å². The van der Waals surface area contributed by atoms with E-state index in [0.717, 1.165) is 17.9 Å². The molecule has 2 rings (SSSR count). The smallest absolute Gasteiger partial charge is 0.122 e. The van der Waals surface area contributed by atoms with Gasteiger partial charge in [0.1, 0.15) is 11.5 Å². The molecular weight excluding hydrogens is 204 g/mol. The van der Waals surface area contributed by atoms with Gasteiger partial charge in [-0.25, -0.2) is 0 Å². The fraction of sp³-hybridized carbons (Fsp3) is 0.538. The van der Waals surface area contributed by atoms with Gasteiger partial charge in [-0.15, -0.1) is 0 Å². The predicted octanol–water partition coefficient (Wildman–Crippen LogP) is 2.19. The van der Waals surface area contributed by atoms with Crippen molar-refractivity contribution in [3.63, 3.8) is 0 Å². The quantitative estimate of drug-likeness (QED) is 0.848. The van der Waals surface area contributed by atoms with Crippen molar-refractivity contribution in [1.29, 1.82) is 0 Å². The Hall–Kier alpha value is -1.22. The van der Waals surface area contributed by atoms with Crippen molar-refractivity contribution in [2.75, 3.05) is 14.2 Å². The first-order chi connectivity index (χ1) is 7.65. The number of rotatable bonds is 4. The van der Waals surface area contributed by atoms with Gasteiger partial charge in [-0.05, 0) is 42.9 Å². The molecule has 1 N–H and O–H groups in total. The Morgan fingerprint density at radius 3 is 2.12 bits per heavy atom. The molecule has 0 amide bonds. The minimum atomic E-state index is -0.234. The molecule has 1 aliphatic rings. The van der Waals surface area contributed by atoms with Crippen LogP contribution in [0.3, 0.4) is 0 Å². The largest absolute Gasteiger partial charge is 0.497 e. The normalized spacial score (nSPS) is 25.0. The molecule has 16 heavy (non-hydrogen) atoms. The third-order valence-electron chi connectivity index (χ3n) is 3.26. The van der Waals surface area contributed by atoms with Crippen LogP contribution in [0.2, 0.25) is 0 Å². The summed E-state index contributed by atoms with van der Waals surface area (Å²) in [6, 6.07) is 5.91. The molecule has 3 atom stereocenters. The molecule has 0 unspecified atom stereocenters. The molecular formula is C13H18O3. The highest BCUT2D eigenvalue weighted by molar-refractivity contribution is 5.42. The van der Waals surface area contributed by atoms with E-state index in [1.807, 2.05) is 25.1 Å². The Morgan fingerprint density at radius 2 is 1.75 bits per heavy atom. The topological polar surface area (TPSA) is 38.7 Å². The van der Waals surface area contributed by atoms with E-state index in [-0.39, 0.29) is 6.10 Å². The zero-order valence-electron chi connectivity index (χ0n) is 9.93. The van der Waals surface area contributed by atoms with Crippen molar-refractivity contribution in [3.8, 4) is 11.5 Å². The van der Waals surface area contributed by atoms with Crippen molar-refractivity contribution in [3.05, 3.63) is 23.8 Å². The number of methoxy groups -OCH3 is 2. The van der Waals surface area contributed by atoms with E-state index in [4.69, 9.17) is 9.47 Å². The van der Waals surface area contributed by atoms with Gasteiger partial charge in [0.05, 0.1) is 20.3 Å². The monoisotopic (exact) mass is 222 g/mol. The molecule has 1 aromatic rings. The molecule has 1 fully saturated rings.